The number of nitrogens with one attached hydrogen (secondary N) is 1. The van der Waals surface area contributed by atoms with Crippen molar-refractivity contribution in [2.45, 2.75) is 59.8 Å². The largest absolute Gasteiger partial charge is 0.317 e. The smallest absolute Gasteiger partial charge is 0.00363 e. The predicted octanol–water partition coefficient (Wildman–Crippen LogP) is 3.52. The summed E-state index contributed by atoms with van der Waals surface area (Å²) in [4.78, 5) is 2.76. The summed E-state index contributed by atoms with van der Waals surface area (Å²) in [6, 6.07) is 0. The Morgan fingerprint density at radius 1 is 1.11 bits per heavy atom. The van der Waals surface area contributed by atoms with Gasteiger partial charge in [-0.25, -0.2) is 0 Å². The monoisotopic (exact) mass is 266 g/mol. The maximum Gasteiger partial charge on any atom is 0.00363 e. The van der Waals surface area contributed by atoms with Gasteiger partial charge in [0.05, 0.1) is 0 Å². The molecule has 112 valence electrons. The Kier molecular flexibility index (Phi) is 4.94. The highest BCUT2D eigenvalue weighted by Gasteiger charge is 2.31. The lowest BCUT2D eigenvalue weighted by atomic mass is 9.76. The highest BCUT2D eigenvalue weighted by molar-refractivity contribution is 4.86. The molecular weight excluding hydrogens is 232 g/mol. The van der Waals surface area contributed by atoms with Crippen LogP contribution < -0.4 is 5.32 Å². The third kappa shape index (κ3) is 4.46. The van der Waals surface area contributed by atoms with Crippen molar-refractivity contribution in [2.24, 2.45) is 16.7 Å². The van der Waals surface area contributed by atoms with E-state index in [1.54, 1.807) is 0 Å². The topological polar surface area (TPSA) is 15.3 Å². The normalized spacial score (nSPS) is 30.0. The van der Waals surface area contributed by atoms with Crippen LogP contribution >= 0.6 is 0 Å². The summed E-state index contributed by atoms with van der Waals surface area (Å²) in [5.74, 6) is 0.915. The lowest BCUT2D eigenvalue weighted by molar-refractivity contribution is 0.127. The van der Waals surface area contributed by atoms with Crippen LogP contribution in [0.4, 0.5) is 0 Å². The SMILES string of the molecule is CC1(CN2CCCC(C(C)(C)C)CC2)CCNCC1. The van der Waals surface area contributed by atoms with Gasteiger partial charge in [-0.05, 0) is 75.0 Å². The van der Waals surface area contributed by atoms with Crippen molar-refractivity contribution in [2.75, 3.05) is 32.7 Å². The molecule has 0 aliphatic carbocycles. The first kappa shape index (κ1) is 15.3. The number of hydrogen-bond acceptors (Lipinski definition) is 2. The van der Waals surface area contributed by atoms with Gasteiger partial charge in [-0.3, -0.25) is 0 Å². The molecule has 2 nitrogen and oxygen atoms in total. The van der Waals surface area contributed by atoms with Crippen LogP contribution in [0.5, 0.6) is 0 Å². The van der Waals surface area contributed by atoms with E-state index in [0.717, 1.165) is 5.92 Å². The highest BCUT2D eigenvalue weighted by atomic mass is 15.1. The second kappa shape index (κ2) is 6.13. The van der Waals surface area contributed by atoms with Gasteiger partial charge in [0, 0.05) is 6.54 Å². The van der Waals surface area contributed by atoms with Crippen LogP contribution in [0, 0.1) is 16.7 Å². The van der Waals surface area contributed by atoms with E-state index in [2.05, 4.69) is 37.9 Å². The molecule has 1 atom stereocenters. The molecule has 19 heavy (non-hydrogen) atoms. The molecule has 0 amide bonds. The molecular formula is C17H34N2. The fraction of sp³-hybridized carbons (Fsp3) is 1.00. The van der Waals surface area contributed by atoms with E-state index in [4.69, 9.17) is 0 Å². The summed E-state index contributed by atoms with van der Waals surface area (Å²) in [5, 5.41) is 3.50. The summed E-state index contributed by atoms with van der Waals surface area (Å²) in [5.41, 5.74) is 1.06. The Labute approximate surface area is 120 Å². The third-order valence-corrected chi connectivity index (χ3v) is 5.46. The van der Waals surface area contributed by atoms with Gasteiger partial charge in [-0.15, -0.1) is 0 Å². The van der Waals surface area contributed by atoms with Gasteiger partial charge in [0.2, 0.25) is 0 Å². The first-order valence-corrected chi connectivity index (χ1v) is 8.32. The van der Waals surface area contributed by atoms with Gasteiger partial charge in [0.25, 0.3) is 0 Å². The van der Waals surface area contributed by atoms with Gasteiger partial charge >= 0.3 is 0 Å². The molecule has 0 saturated carbocycles. The lowest BCUT2D eigenvalue weighted by Crippen LogP contribution is -2.43. The number of rotatable bonds is 2. The zero-order valence-corrected chi connectivity index (χ0v) is 13.6. The molecule has 2 rings (SSSR count). The summed E-state index contributed by atoms with van der Waals surface area (Å²) in [6.07, 6.45) is 6.94. The van der Waals surface area contributed by atoms with Gasteiger partial charge in [0.15, 0.2) is 0 Å². The molecule has 1 unspecified atom stereocenters. The zero-order valence-electron chi connectivity index (χ0n) is 13.6. The van der Waals surface area contributed by atoms with Crippen LogP contribution in [0.15, 0.2) is 0 Å². The van der Waals surface area contributed by atoms with Crippen molar-refractivity contribution in [1.29, 1.82) is 0 Å². The first-order valence-electron chi connectivity index (χ1n) is 8.32. The van der Waals surface area contributed by atoms with E-state index in [-0.39, 0.29) is 0 Å². The Morgan fingerprint density at radius 2 is 1.79 bits per heavy atom. The van der Waals surface area contributed by atoms with Gasteiger partial charge in [0.1, 0.15) is 0 Å². The van der Waals surface area contributed by atoms with E-state index in [1.807, 2.05) is 0 Å². The molecule has 0 aromatic rings. The Hall–Kier alpha value is -0.0800. The average Bonchev–Trinajstić information content (AvgIpc) is 2.54. The second-order valence-electron chi connectivity index (χ2n) is 8.33. The summed E-state index contributed by atoms with van der Waals surface area (Å²) < 4.78 is 0. The average molecular weight is 266 g/mol. The molecule has 2 aliphatic heterocycles. The molecule has 2 aliphatic rings. The molecule has 2 heteroatoms. The highest BCUT2D eigenvalue weighted by Crippen LogP contribution is 2.36. The number of nitrogens with zero attached hydrogens (tertiary/aromatic N) is 1. The maximum absolute atomic E-state index is 3.50. The minimum Gasteiger partial charge on any atom is -0.317 e. The van der Waals surface area contributed by atoms with Crippen LogP contribution in [0.1, 0.15) is 59.8 Å². The maximum atomic E-state index is 3.50. The van der Waals surface area contributed by atoms with Gasteiger partial charge < -0.3 is 10.2 Å². The lowest BCUT2D eigenvalue weighted by Gasteiger charge is -2.38. The van der Waals surface area contributed by atoms with E-state index >= 15 is 0 Å². The second-order valence-corrected chi connectivity index (χ2v) is 8.33. The molecule has 0 aromatic carbocycles. The molecule has 0 aromatic heterocycles. The van der Waals surface area contributed by atoms with Crippen LogP contribution in [0.3, 0.4) is 0 Å². The predicted molar refractivity (Wildman–Crippen MR) is 83.4 cm³/mol. The molecule has 0 spiro atoms. The zero-order chi connectivity index (χ0) is 13.9. The van der Waals surface area contributed by atoms with Crippen LogP contribution in [-0.4, -0.2) is 37.6 Å². The summed E-state index contributed by atoms with van der Waals surface area (Å²) in [6.45, 7) is 16.2. The molecule has 0 radical (unpaired) electrons. The van der Waals surface area contributed by atoms with Gasteiger partial charge in [-0.1, -0.05) is 27.7 Å². The van der Waals surface area contributed by atoms with Crippen molar-refractivity contribution >= 4 is 0 Å². The first-order chi connectivity index (χ1) is 8.89. The van der Waals surface area contributed by atoms with E-state index < -0.39 is 0 Å². The van der Waals surface area contributed by atoms with Crippen molar-refractivity contribution < 1.29 is 0 Å². The quantitative estimate of drug-likeness (QED) is 0.822. The van der Waals surface area contributed by atoms with Crippen molar-refractivity contribution in [3.63, 3.8) is 0 Å². The van der Waals surface area contributed by atoms with Crippen LogP contribution in [-0.2, 0) is 0 Å². The fourth-order valence-corrected chi connectivity index (χ4v) is 3.91. The van der Waals surface area contributed by atoms with Gasteiger partial charge in [-0.2, -0.15) is 0 Å². The Morgan fingerprint density at radius 3 is 2.42 bits per heavy atom. The minimum absolute atomic E-state index is 0.495. The van der Waals surface area contributed by atoms with Crippen molar-refractivity contribution in [3.05, 3.63) is 0 Å². The number of hydrogen-bond donors (Lipinski definition) is 1. The molecule has 0 bridgehead atoms. The minimum atomic E-state index is 0.495. The Balaban J connectivity index is 1.85. The van der Waals surface area contributed by atoms with E-state index in [0.29, 0.717) is 10.8 Å². The summed E-state index contributed by atoms with van der Waals surface area (Å²) in [7, 11) is 0. The Bertz CT molecular complexity index is 273. The van der Waals surface area contributed by atoms with Crippen LogP contribution in [0.2, 0.25) is 0 Å². The van der Waals surface area contributed by atoms with Crippen molar-refractivity contribution in [1.82, 2.24) is 10.2 Å². The third-order valence-electron chi connectivity index (χ3n) is 5.46. The van der Waals surface area contributed by atoms with Crippen LogP contribution in [0.25, 0.3) is 0 Å². The van der Waals surface area contributed by atoms with E-state index in [1.165, 1.54) is 64.8 Å². The van der Waals surface area contributed by atoms with E-state index in [9.17, 15) is 0 Å². The molecule has 1 N–H and O–H groups in total. The number of likely N-dealkylation sites (tertiary alicyclic amines) is 1. The molecule has 2 heterocycles. The molecule has 2 saturated heterocycles. The standard InChI is InChI=1S/C17H34N2/c1-16(2,3)15-6-5-12-19(13-7-15)14-17(4)8-10-18-11-9-17/h15,18H,5-14H2,1-4H3. The fourth-order valence-electron chi connectivity index (χ4n) is 3.91. The number of piperidine rings is 1. The summed E-state index contributed by atoms with van der Waals surface area (Å²) >= 11 is 0. The van der Waals surface area contributed by atoms with Crippen molar-refractivity contribution in [3.8, 4) is 0 Å². The molecule has 2 fully saturated rings.